The molecule has 4 heteroatoms. The van der Waals surface area contributed by atoms with Gasteiger partial charge >= 0.3 is 0 Å². The standard InChI is InChI=1S/C6H13N3O/c7-5-3-1-2-4-6(5,8)9-10/h5H,1-4,7-8H2/t5-,6-/m0/s1. The van der Waals surface area contributed by atoms with Crippen LogP contribution >= 0.6 is 0 Å². The number of nitrogens with two attached hydrogens (primary N) is 2. The second-order valence-corrected chi connectivity index (χ2v) is 2.93. The Labute approximate surface area is 59.9 Å². The Bertz CT molecular complexity index is 139. The molecule has 0 saturated heterocycles. The van der Waals surface area contributed by atoms with Crippen LogP contribution in [0.25, 0.3) is 0 Å². The van der Waals surface area contributed by atoms with E-state index in [-0.39, 0.29) is 6.04 Å². The first-order valence-electron chi connectivity index (χ1n) is 3.58. The van der Waals surface area contributed by atoms with Gasteiger partial charge in [-0.2, -0.15) is 0 Å². The number of nitrogens with zero attached hydrogens (tertiary/aromatic N) is 1. The summed E-state index contributed by atoms with van der Waals surface area (Å²) in [6.07, 6.45) is 3.49. The fraction of sp³-hybridized carbons (Fsp3) is 1.00. The highest BCUT2D eigenvalue weighted by molar-refractivity contribution is 4.94. The maximum atomic E-state index is 10.2. The molecule has 0 radical (unpaired) electrons. The molecular formula is C6H13N3O. The van der Waals surface area contributed by atoms with Gasteiger partial charge in [0.15, 0.2) is 5.66 Å². The molecule has 0 unspecified atom stereocenters. The molecule has 0 heterocycles. The van der Waals surface area contributed by atoms with Crippen LogP contribution in [0.2, 0.25) is 0 Å². The molecule has 0 amide bonds. The van der Waals surface area contributed by atoms with Crippen LogP contribution in [0.1, 0.15) is 25.7 Å². The molecule has 1 rings (SSSR count). The van der Waals surface area contributed by atoms with Crippen molar-refractivity contribution in [3.63, 3.8) is 0 Å². The zero-order chi connectivity index (χ0) is 7.61. The summed E-state index contributed by atoms with van der Waals surface area (Å²) in [5.41, 5.74) is 10.2. The van der Waals surface area contributed by atoms with Crippen LogP contribution in [0.5, 0.6) is 0 Å². The van der Waals surface area contributed by atoms with Crippen molar-refractivity contribution in [2.75, 3.05) is 0 Å². The Kier molecular flexibility index (Phi) is 2.01. The number of rotatable bonds is 1. The van der Waals surface area contributed by atoms with E-state index in [1.807, 2.05) is 0 Å². The summed E-state index contributed by atoms with van der Waals surface area (Å²) in [6, 6.07) is -0.237. The average molecular weight is 143 g/mol. The summed E-state index contributed by atoms with van der Waals surface area (Å²) in [5, 5.41) is 2.86. The molecule has 0 aromatic heterocycles. The van der Waals surface area contributed by atoms with Gasteiger partial charge in [0.2, 0.25) is 0 Å². The Morgan fingerprint density at radius 3 is 2.60 bits per heavy atom. The molecule has 58 valence electrons. The Hall–Kier alpha value is -0.480. The highest BCUT2D eigenvalue weighted by Gasteiger charge is 2.36. The van der Waals surface area contributed by atoms with Crippen molar-refractivity contribution < 1.29 is 0 Å². The lowest BCUT2D eigenvalue weighted by Crippen LogP contribution is -2.55. The molecule has 0 aromatic carbocycles. The van der Waals surface area contributed by atoms with E-state index in [9.17, 15) is 4.91 Å². The Balaban J connectivity index is 2.62. The molecule has 0 aromatic rings. The van der Waals surface area contributed by atoms with Crippen molar-refractivity contribution in [3.05, 3.63) is 4.91 Å². The third kappa shape index (κ3) is 1.17. The summed E-state index contributed by atoms with van der Waals surface area (Å²) < 4.78 is 0. The van der Waals surface area contributed by atoms with E-state index >= 15 is 0 Å². The van der Waals surface area contributed by atoms with E-state index in [1.165, 1.54) is 0 Å². The van der Waals surface area contributed by atoms with E-state index < -0.39 is 5.66 Å². The molecule has 10 heavy (non-hydrogen) atoms. The predicted octanol–water partition coefficient (Wildman–Crippen LogP) is 0.309. The van der Waals surface area contributed by atoms with Gasteiger partial charge in [0.05, 0.1) is 0 Å². The molecule has 0 spiro atoms. The fourth-order valence-corrected chi connectivity index (χ4v) is 1.32. The Morgan fingerprint density at radius 2 is 2.20 bits per heavy atom. The zero-order valence-corrected chi connectivity index (χ0v) is 5.92. The van der Waals surface area contributed by atoms with Crippen LogP contribution in [-0.4, -0.2) is 11.7 Å². The minimum atomic E-state index is -0.974. The maximum Gasteiger partial charge on any atom is 0.165 e. The van der Waals surface area contributed by atoms with Crippen molar-refractivity contribution >= 4 is 0 Å². The molecule has 2 atom stereocenters. The largest absolute Gasteiger partial charge is 0.324 e. The molecule has 1 aliphatic rings. The first-order valence-corrected chi connectivity index (χ1v) is 3.58. The topological polar surface area (TPSA) is 81.5 Å². The zero-order valence-electron chi connectivity index (χ0n) is 5.92. The summed E-state index contributed by atoms with van der Waals surface area (Å²) >= 11 is 0. The van der Waals surface area contributed by atoms with Gasteiger partial charge in [-0.05, 0) is 24.4 Å². The van der Waals surface area contributed by atoms with E-state index in [4.69, 9.17) is 11.5 Å². The molecule has 1 aliphatic carbocycles. The average Bonchev–Trinajstić information content (AvgIpc) is 1.96. The van der Waals surface area contributed by atoms with Gasteiger partial charge < -0.3 is 11.5 Å². The van der Waals surface area contributed by atoms with E-state index in [2.05, 4.69) is 5.18 Å². The van der Waals surface area contributed by atoms with E-state index in [0.717, 1.165) is 19.3 Å². The minimum absolute atomic E-state index is 0.237. The van der Waals surface area contributed by atoms with Crippen molar-refractivity contribution in [3.8, 4) is 0 Å². The molecule has 1 fully saturated rings. The van der Waals surface area contributed by atoms with Gasteiger partial charge in [-0.15, -0.1) is 4.91 Å². The molecule has 4 nitrogen and oxygen atoms in total. The summed E-state index contributed by atoms with van der Waals surface area (Å²) in [4.78, 5) is 10.2. The van der Waals surface area contributed by atoms with Gasteiger partial charge in [0, 0.05) is 6.04 Å². The quantitative estimate of drug-likeness (QED) is 0.518. The van der Waals surface area contributed by atoms with Crippen molar-refractivity contribution in [2.45, 2.75) is 37.4 Å². The van der Waals surface area contributed by atoms with Gasteiger partial charge in [-0.25, -0.2) is 0 Å². The third-order valence-electron chi connectivity index (χ3n) is 2.15. The Morgan fingerprint density at radius 1 is 1.50 bits per heavy atom. The number of hydrogen-bond donors (Lipinski definition) is 2. The monoisotopic (exact) mass is 143 g/mol. The second kappa shape index (κ2) is 2.64. The van der Waals surface area contributed by atoms with E-state index in [0.29, 0.717) is 6.42 Å². The number of hydrogen-bond acceptors (Lipinski definition) is 4. The van der Waals surface area contributed by atoms with Gasteiger partial charge in [0.25, 0.3) is 0 Å². The van der Waals surface area contributed by atoms with Gasteiger partial charge in [-0.3, -0.25) is 0 Å². The fourth-order valence-electron chi connectivity index (χ4n) is 1.32. The van der Waals surface area contributed by atoms with Crippen LogP contribution in [0.4, 0.5) is 0 Å². The first kappa shape index (κ1) is 7.63. The van der Waals surface area contributed by atoms with Crippen molar-refractivity contribution in [1.29, 1.82) is 0 Å². The first-order chi connectivity index (χ1) is 4.69. The highest BCUT2D eigenvalue weighted by Crippen LogP contribution is 2.25. The van der Waals surface area contributed by atoms with Gasteiger partial charge in [0.1, 0.15) is 0 Å². The maximum absolute atomic E-state index is 10.2. The summed E-state index contributed by atoms with van der Waals surface area (Å²) in [5.74, 6) is 0. The minimum Gasteiger partial charge on any atom is -0.324 e. The summed E-state index contributed by atoms with van der Waals surface area (Å²) in [6.45, 7) is 0. The van der Waals surface area contributed by atoms with Crippen molar-refractivity contribution in [2.24, 2.45) is 16.6 Å². The van der Waals surface area contributed by atoms with Crippen LogP contribution in [0, 0.1) is 4.91 Å². The third-order valence-corrected chi connectivity index (χ3v) is 2.15. The second-order valence-electron chi connectivity index (χ2n) is 2.93. The summed E-state index contributed by atoms with van der Waals surface area (Å²) in [7, 11) is 0. The smallest absolute Gasteiger partial charge is 0.165 e. The molecule has 0 bridgehead atoms. The SMILES string of the molecule is N[C@H]1CCCC[C@]1(N)N=O. The van der Waals surface area contributed by atoms with E-state index in [1.54, 1.807) is 0 Å². The number of nitroso groups, excluding NO2 is 1. The van der Waals surface area contributed by atoms with Crippen LogP contribution < -0.4 is 11.5 Å². The predicted molar refractivity (Wildman–Crippen MR) is 39.2 cm³/mol. The van der Waals surface area contributed by atoms with Crippen LogP contribution in [0.3, 0.4) is 0 Å². The van der Waals surface area contributed by atoms with Gasteiger partial charge in [-0.1, -0.05) is 6.42 Å². The highest BCUT2D eigenvalue weighted by atomic mass is 16.3. The van der Waals surface area contributed by atoms with Crippen LogP contribution in [0.15, 0.2) is 5.18 Å². The lowest BCUT2D eigenvalue weighted by atomic mass is 9.86. The normalized spacial score (nSPS) is 41.2. The molecular weight excluding hydrogens is 130 g/mol. The molecule has 1 saturated carbocycles. The molecule has 4 N–H and O–H groups in total. The molecule has 0 aliphatic heterocycles. The lowest BCUT2D eigenvalue weighted by Gasteiger charge is -2.32. The lowest BCUT2D eigenvalue weighted by molar-refractivity contribution is 0.261. The van der Waals surface area contributed by atoms with Crippen molar-refractivity contribution in [1.82, 2.24) is 0 Å². The van der Waals surface area contributed by atoms with Crippen LogP contribution in [-0.2, 0) is 0 Å².